The number of esters is 1. The molecule has 0 aromatic carbocycles. The molecular weight excluding hydrogens is 248 g/mol. The summed E-state index contributed by atoms with van der Waals surface area (Å²) in [7, 11) is 0. The van der Waals surface area contributed by atoms with Crippen LogP contribution in [-0.4, -0.2) is 16.6 Å². The number of carbonyl (C=O) groups is 1. The van der Waals surface area contributed by atoms with Crippen molar-refractivity contribution in [3.05, 3.63) is 16.4 Å². The van der Waals surface area contributed by atoms with Gasteiger partial charge in [-0.25, -0.2) is 4.79 Å². The molecule has 0 unspecified atom stereocenters. The summed E-state index contributed by atoms with van der Waals surface area (Å²) in [4.78, 5) is 14.3. The number of nitrogens with one attached hydrogen (secondary N) is 1. The first-order valence-corrected chi connectivity index (χ1v) is 4.96. The monoisotopic (exact) mass is 260 g/mol. The van der Waals surface area contributed by atoms with Gasteiger partial charge in [-0.3, -0.25) is 0 Å². The molecule has 0 bridgehead atoms. The number of hydrogen-bond donors (Lipinski definition) is 2. The summed E-state index contributed by atoms with van der Waals surface area (Å²) in [5.41, 5.74) is 5.79. The molecule has 3 N–H and O–H groups in total. The third-order valence-electron chi connectivity index (χ3n) is 1.47. The lowest BCUT2D eigenvalue weighted by atomic mass is 10.2. The van der Waals surface area contributed by atoms with Gasteiger partial charge < -0.3 is 15.5 Å². The molecule has 0 spiro atoms. The van der Waals surface area contributed by atoms with Crippen LogP contribution < -0.4 is 5.73 Å². The van der Waals surface area contributed by atoms with Gasteiger partial charge in [-0.1, -0.05) is 0 Å². The number of H-pyrrole nitrogens is 1. The molecule has 1 heterocycles. The average Bonchev–Trinajstić information content (AvgIpc) is 2.29. The summed E-state index contributed by atoms with van der Waals surface area (Å²) in [6.45, 7) is 5.41. The van der Waals surface area contributed by atoms with Crippen molar-refractivity contribution in [1.82, 2.24) is 4.98 Å². The van der Waals surface area contributed by atoms with Gasteiger partial charge in [-0.2, -0.15) is 0 Å². The second-order valence-electron chi connectivity index (χ2n) is 3.93. The Labute approximate surface area is 90.9 Å². The maximum atomic E-state index is 11.5. The average molecular weight is 261 g/mol. The number of carbonyl (C=O) groups excluding carboxylic acids is 1. The molecule has 14 heavy (non-hydrogen) atoms. The van der Waals surface area contributed by atoms with E-state index in [-0.39, 0.29) is 5.69 Å². The number of rotatable bonds is 1. The van der Waals surface area contributed by atoms with Crippen molar-refractivity contribution in [1.29, 1.82) is 0 Å². The van der Waals surface area contributed by atoms with Gasteiger partial charge in [0.1, 0.15) is 11.3 Å². The Morgan fingerprint density at radius 3 is 2.50 bits per heavy atom. The predicted octanol–water partition coefficient (Wildman–Crippen LogP) is 2.31. The number of anilines is 1. The number of nitrogens with two attached hydrogens (primary N) is 1. The van der Waals surface area contributed by atoms with Gasteiger partial charge in [-0.05, 0) is 36.7 Å². The van der Waals surface area contributed by atoms with Crippen LogP contribution in [0.4, 0.5) is 5.69 Å². The second kappa shape index (κ2) is 3.65. The number of ether oxygens (including phenoxy) is 1. The van der Waals surface area contributed by atoms with Gasteiger partial charge in [0.05, 0.1) is 10.2 Å². The van der Waals surface area contributed by atoms with Gasteiger partial charge in [0.2, 0.25) is 0 Å². The van der Waals surface area contributed by atoms with Crippen molar-refractivity contribution in [3.63, 3.8) is 0 Å². The zero-order chi connectivity index (χ0) is 10.9. The topological polar surface area (TPSA) is 68.1 Å². The maximum Gasteiger partial charge on any atom is 0.357 e. The van der Waals surface area contributed by atoms with Crippen molar-refractivity contribution >= 4 is 27.6 Å². The maximum absolute atomic E-state index is 11.5. The van der Waals surface area contributed by atoms with E-state index >= 15 is 0 Å². The van der Waals surface area contributed by atoms with Gasteiger partial charge in [0.25, 0.3) is 0 Å². The van der Waals surface area contributed by atoms with E-state index in [2.05, 4.69) is 20.9 Å². The fourth-order valence-electron chi connectivity index (χ4n) is 0.908. The summed E-state index contributed by atoms with van der Waals surface area (Å²) in [5.74, 6) is -0.444. The van der Waals surface area contributed by atoms with E-state index in [9.17, 15) is 4.79 Å². The van der Waals surface area contributed by atoms with Crippen molar-refractivity contribution in [2.75, 3.05) is 5.73 Å². The Morgan fingerprint density at radius 2 is 2.14 bits per heavy atom. The zero-order valence-corrected chi connectivity index (χ0v) is 9.94. The van der Waals surface area contributed by atoms with E-state index in [1.807, 2.05) is 0 Å². The molecule has 0 atom stereocenters. The van der Waals surface area contributed by atoms with Crippen LogP contribution in [0.5, 0.6) is 0 Å². The number of halogens is 1. The minimum absolute atomic E-state index is 0.284. The molecular formula is C9H13BrN2O2. The number of nitrogen functional groups attached to an aromatic ring is 1. The van der Waals surface area contributed by atoms with Crippen molar-refractivity contribution < 1.29 is 9.53 Å². The van der Waals surface area contributed by atoms with Crippen LogP contribution in [-0.2, 0) is 4.74 Å². The highest BCUT2D eigenvalue weighted by molar-refractivity contribution is 9.10. The predicted molar refractivity (Wildman–Crippen MR) is 58.1 cm³/mol. The van der Waals surface area contributed by atoms with Gasteiger partial charge in [0, 0.05) is 6.20 Å². The summed E-state index contributed by atoms with van der Waals surface area (Å²) in [6, 6.07) is 0. The summed E-state index contributed by atoms with van der Waals surface area (Å²) in [5, 5.41) is 0. The van der Waals surface area contributed by atoms with Crippen LogP contribution in [0.15, 0.2) is 10.7 Å². The van der Waals surface area contributed by atoms with Crippen LogP contribution in [0.2, 0.25) is 0 Å². The van der Waals surface area contributed by atoms with Gasteiger partial charge >= 0.3 is 5.97 Å². The lowest BCUT2D eigenvalue weighted by Crippen LogP contribution is -2.24. The smallest absolute Gasteiger partial charge is 0.357 e. The summed E-state index contributed by atoms with van der Waals surface area (Å²) >= 11 is 3.20. The molecule has 0 saturated carbocycles. The first kappa shape index (κ1) is 11.1. The largest absolute Gasteiger partial charge is 0.455 e. The molecule has 0 aliphatic rings. The number of aromatic nitrogens is 1. The number of hydrogen-bond acceptors (Lipinski definition) is 3. The van der Waals surface area contributed by atoms with Gasteiger partial charge in [0.15, 0.2) is 0 Å². The lowest BCUT2D eigenvalue weighted by Gasteiger charge is -2.19. The normalized spacial score (nSPS) is 11.4. The van der Waals surface area contributed by atoms with Crippen LogP contribution in [0, 0.1) is 0 Å². The van der Waals surface area contributed by atoms with Crippen molar-refractivity contribution in [2.45, 2.75) is 26.4 Å². The Hall–Kier alpha value is -0.970. The van der Waals surface area contributed by atoms with Gasteiger partial charge in [-0.15, -0.1) is 0 Å². The lowest BCUT2D eigenvalue weighted by molar-refractivity contribution is 0.00649. The molecule has 1 aromatic heterocycles. The van der Waals surface area contributed by atoms with Crippen LogP contribution in [0.3, 0.4) is 0 Å². The molecule has 4 nitrogen and oxygen atoms in total. The van der Waals surface area contributed by atoms with Crippen LogP contribution in [0.1, 0.15) is 31.3 Å². The SMILES string of the molecule is CC(C)(C)OC(=O)c1[nH]cc(Br)c1N. The van der Waals surface area contributed by atoms with Crippen LogP contribution >= 0.6 is 15.9 Å². The van der Waals surface area contributed by atoms with E-state index in [4.69, 9.17) is 10.5 Å². The first-order chi connectivity index (χ1) is 6.31. The highest BCUT2D eigenvalue weighted by Gasteiger charge is 2.21. The molecule has 0 saturated heterocycles. The van der Waals surface area contributed by atoms with E-state index in [1.54, 1.807) is 27.0 Å². The molecule has 1 aromatic rings. The minimum Gasteiger partial charge on any atom is -0.455 e. The summed E-state index contributed by atoms with van der Waals surface area (Å²) in [6.07, 6.45) is 1.61. The molecule has 0 aliphatic carbocycles. The molecule has 0 aliphatic heterocycles. The van der Waals surface area contributed by atoms with Crippen molar-refractivity contribution in [3.8, 4) is 0 Å². The molecule has 0 fully saturated rings. The van der Waals surface area contributed by atoms with Crippen molar-refractivity contribution in [2.24, 2.45) is 0 Å². The Bertz CT molecular complexity index is 352. The molecule has 78 valence electrons. The first-order valence-electron chi connectivity index (χ1n) is 4.17. The second-order valence-corrected chi connectivity index (χ2v) is 4.78. The van der Waals surface area contributed by atoms with E-state index in [1.165, 1.54) is 0 Å². The molecule has 5 heteroatoms. The standard InChI is InChI=1S/C9H13BrN2O2/c1-9(2,3)14-8(13)7-6(11)5(10)4-12-7/h4,12H,11H2,1-3H3. The fraction of sp³-hybridized carbons (Fsp3) is 0.444. The fourth-order valence-corrected chi connectivity index (χ4v) is 1.22. The molecule has 1 rings (SSSR count). The Kier molecular flexibility index (Phi) is 2.89. The highest BCUT2D eigenvalue weighted by Crippen LogP contribution is 2.24. The molecule has 0 radical (unpaired) electrons. The van der Waals surface area contributed by atoms with E-state index in [0.29, 0.717) is 10.2 Å². The minimum atomic E-state index is -0.513. The zero-order valence-electron chi connectivity index (χ0n) is 8.35. The molecule has 0 amide bonds. The third-order valence-corrected chi connectivity index (χ3v) is 2.13. The highest BCUT2D eigenvalue weighted by atomic mass is 79.9. The van der Waals surface area contributed by atoms with Crippen LogP contribution in [0.25, 0.3) is 0 Å². The van der Waals surface area contributed by atoms with E-state index in [0.717, 1.165) is 0 Å². The Morgan fingerprint density at radius 1 is 1.57 bits per heavy atom. The Balaban J connectivity index is 2.86. The summed E-state index contributed by atoms with van der Waals surface area (Å²) < 4.78 is 5.81. The number of aromatic amines is 1. The van der Waals surface area contributed by atoms with E-state index < -0.39 is 11.6 Å². The quantitative estimate of drug-likeness (QED) is 0.762. The third kappa shape index (κ3) is 2.51.